The zero-order valence-corrected chi connectivity index (χ0v) is 12.3. The van der Waals surface area contributed by atoms with Crippen LogP contribution in [0.4, 0.5) is 0 Å². The van der Waals surface area contributed by atoms with Gasteiger partial charge in [-0.2, -0.15) is 5.10 Å². The Bertz CT molecular complexity index is 680. The first-order valence-corrected chi connectivity index (χ1v) is 6.68. The van der Waals surface area contributed by atoms with Gasteiger partial charge in [-0.25, -0.2) is 9.48 Å². The maximum absolute atomic E-state index is 12.1. The summed E-state index contributed by atoms with van der Waals surface area (Å²) in [5, 5.41) is 16.0. The van der Waals surface area contributed by atoms with Crippen LogP contribution in [0.1, 0.15) is 28.7 Å². The van der Waals surface area contributed by atoms with Crippen LogP contribution < -0.4 is 0 Å². The van der Waals surface area contributed by atoms with E-state index in [0.717, 1.165) is 0 Å². The van der Waals surface area contributed by atoms with E-state index in [1.165, 1.54) is 4.68 Å². The maximum Gasteiger partial charge on any atom is 0.342 e. The molecule has 0 saturated heterocycles. The molecule has 2 aromatic rings. The fourth-order valence-electron chi connectivity index (χ4n) is 1.97. The Balaban J connectivity index is 2.68. The highest BCUT2D eigenvalue weighted by molar-refractivity contribution is 6.69. The van der Waals surface area contributed by atoms with Gasteiger partial charge in [-0.1, -0.05) is 35.0 Å². The minimum Gasteiger partial charge on any atom is -0.462 e. The molecule has 1 aromatic carbocycles. The van der Waals surface area contributed by atoms with Crippen molar-refractivity contribution in [2.75, 3.05) is 6.61 Å². The normalized spacial score (nSPS) is 11.5. The van der Waals surface area contributed by atoms with Gasteiger partial charge in [0, 0.05) is 0 Å². The summed E-state index contributed by atoms with van der Waals surface area (Å²) in [4.78, 5) is 12.1. The van der Waals surface area contributed by atoms with Crippen molar-refractivity contribution in [3.63, 3.8) is 0 Å². The van der Waals surface area contributed by atoms with Crippen molar-refractivity contribution in [2.45, 2.75) is 13.8 Å². The second-order valence-corrected chi connectivity index (χ2v) is 4.53. The SMILES string of the molecule is CCOC(=O)c1c(C)nn(-c2ccccc2)c1/C(Cl)=N/O. The highest BCUT2D eigenvalue weighted by atomic mass is 35.5. The summed E-state index contributed by atoms with van der Waals surface area (Å²) >= 11 is 5.94. The Kier molecular flexibility index (Phi) is 4.59. The summed E-state index contributed by atoms with van der Waals surface area (Å²) in [5.74, 6) is -0.561. The third-order valence-corrected chi connectivity index (χ3v) is 3.08. The van der Waals surface area contributed by atoms with Crippen molar-refractivity contribution in [1.82, 2.24) is 9.78 Å². The smallest absolute Gasteiger partial charge is 0.342 e. The third-order valence-electron chi connectivity index (χ3n) is 2.82. The topological polar surface area (TPSA) is 76.7 Å². The Morgan fingerprint density at radius 2 is 2.10 bits per heavy atom. The van der Waals surface area contributed by atoms with E-state index in [1.54, 1.807) is 26.0 Å². The van der Waals surface area contributed by atoms with Crippen LogP contribution in [-0.2, 0) is 4.74 Å². The predicted octanol–water partition coefficient (Wildman–Crippen LogP) is 2.73. The fourth-order valence-corrected chi connectivity index (χ4v) is 2.14. The van der Waals surface area contributed by atoms with Crippen molar-refractivity contribution in [2.24, 2.45) is 5.16 Å². The third kappa shape index (κ3) is 2.90. The number of aromatic nitrogens is 2. The molecule has 0 spiro atoms. The van der Waals surface area contributed by atoms with Gasteiger partial charge in [0.2, 0.25) is 0 Å². The standard InChI is InChI=1S/C14H14ClN3O3/c1-3-21-14(19)11-9(2)16-18(12(11)13(15)17-20)10-7-5-4-6-8-10/h4-8,20H,3H2,1-2H3/b17-13-. The largest absolute Gasteiger partial charge is 0.462 e. The number of para-hydroxylation sites is 1. The number of nitrogens with zero attached hydrogens (tertiary/aromatic N) is 3. The van der Waals surface area contributed by atoms with E-state index < -0.39 is 5.97 Å². The molecule has 0 atom stereocenters. The van der Waals surface area contributed by atoms with Crippen LogP contribution in [0.15, 0.2) is 35.5 Å². The number of esters is 1. The minimum atomic E-state index is -0.561. The quantitative estimate of drug-likeness (QED) is 0.408. The van der Waals surface area contributed by atoms with Gasteiger partial charge in [0.05, 0.1) is 18.0 Å². The predicted molar refractivity (Wildman–Crippen MR) is 78.4 cm³/mol. The average molecular weight is 308 g/mol. The maximum atomic E-state index is 12.1. The lowest BCUT2D eigenvalue weighted by Gasteiger charge is -2.07. The molecule has 1 aromatic heterocycles. The molecule has 0 radical (unpaired) electrons. The van der Waals surface area contributed by atoms with Crippen LogP contribution in [0, 0.1) is 6.92 Å². The van der Waals surface area contributed by atoms with Crippen LogP contribution in [0.5, 0.6) is 0 Å². The second-order valence-electron chi connectivity index (χ2n) is 4.17. The van der Waals surface area contributed by atoms with Gasteiger partial charge in [0.1, 0.15) is 11.3 Å². The Morgan fingerprint density at radius 3 is 2.67 bits per heavy atom. The fraction of sp³-hybridized carbons (Fsp3) is 0.214. The zero-order valence-electron chi connectivity index (χ0n) is 11.6. The number of benzene rings is 1. The molecule has 0 unspecified atom stereocenters. The van der Waals surface area contributed by atoms with Gasteiger partial charge in [-0.05, 0) is 26.0 Å². The first-order chi connectivity index (χ1) is 10.1. The summed E-state index contributed by atoms with van der Waals surface area (Å²) in [7, 11) is 0. The zero-order chi connectivity index (χ0) is 15.4. The minimum absolute atomic E-state index is 0.184. The van der Waals surface area contributed by atoms with Crippen molar-refractivity contribution in [3.05, 3.63) is 47.3 Å². The molecule has 1 heterocycles. The van der Waals surface area contributed by atoms with Gasteiger partial charge < -0.3 is 9.94 Å². The van der Waals surface area contributed by atoms with Gasteiger partial charge >= 0.3 is 5.97 Å². The summed E-state index contributed by atoms with van der Waals surface area (Å²) in [6.45, 7) is 3.59. The molecule has 6 nitrogen and oxygen atoms in total. The molecule has 0 aliphatic heterocycles. The van der Waals surface area contributed by atoms with Crippen LogP contribution in [0.25, 0.3) is 5.69 Å². The molecule has 110 valence electrons. The average Bonchev–Trinajstić information content (AvgIpc) is 2.85. The molecule has 0 aliphatic rings. The number of halogens is 1. The number of carbonyl (C=O) groups is 1. The van der Waals surface area contributed by atoms with Crippen molar-refractivity contribution in [1.29, 1.82) is 0 Å². The summed E-state index contributed by atoms with van der Waals surface area (Å²) in [5.41, 5.74) is 1.51. The number of hydrogen-bond acceptors (Lipinski definition) is 5. The monoisotopic (exact) mass is 307 g/mol. The summed E-state index contributed by atoms with van der Waals surface area (Å²) in [6, 6.07) is 9.10. The van der Waals surface area contributed by atoms with E-state index >= 15 is 0 Å². The molecule has 0 saturated carbocycles. The van der Waals surface area contributed by atoms with E-state index in [9.17, 15) is 4.79 Å². The Hall–Kier alpha value is -2.34. The molecule has 0 fully saturated rings. The molecule has 0 aliphatic carbocycles. The van der Waals surface area contributed by atoms with Gasteiger partial charge in [-0.3, -0.25) is 0 Å². The molecule has 21 heavy (non-hydrogen) atoms. The van der Waals surface area contributed by atoms with Crippen molar-refractivity contribution in [3.8, 4) is 5.69 Å². The molecule has 1 N–H and O–H groups in total. The first-order valence-electron chi connectivity index (χ1n) is 6.30. The van der Waals surface area contributed by atoms with Crippen LogP contribution in [0.3, 0.4) is 0 Å². The second kappa shape index (κ2) is 6.41. The first kappa shape index (κ1) is 15.1. The van der Waals surface area contributed by atoms with E-state index in [1.807, 2.05) is 18.2 Å². The van der Waals surface area contributed by atoms with Crippen LogP contribution in [-0.4, -0.2) is 32.7 Å². The highest BCUT2D eigenvalue weighted by Gasteiger charge is 2.26. The van der Waals surface area contributed by atoms with E-state index in [2.05, 4.69) is 10.3 Å². The van der Waals surface area contributed by atoms with E-state index in [4.69, 9.17) is 21.5 Å². The van der Waals surface area contributed by atoms with Gasteiger partial charge in [0.15, 0.2) is 5.17 Å². The number of carbonyl (C=O) groups excluding carboxylic acids is 1. The molecule has 0 amide bonds. The molecule has 7 heteroatoms. The lowest BCUT2D eigenvalue weighted by atomic mass is 10.2. The number of hydrogen-bond donors (Lipinski definition) is 1. The molecular weight excluding hydrogens is 294 g/mol. The summed E-state index contributed by atoms with van der Waals surface area (Å²) < 4.78 is 6.45. The number of ether oxygens (including phenoxy) is 1. The molecular formula is C14H14ClN3O3. The highest BCUT2D eigenvalue weighted by Crippen LogP contribution is 2.22. The van der Waals surface area contributed by atoms with Gasteiger partial charge in [0.25, 0.3) is 0 Å². The van der Waals surface area contributed by atoms with Crippen LogP contribution >= 0.6 is 11.6 Å². The summed E-state index contributed by atoms with van der Waals surface area (Å²) in [6.07, 6.45) is 0. The van der Waals surface area contributed by atoms with Crippen molar-refractivity contribution >= 4 is 22.7 Å². The lowest BCUT2D eigenvalue weighted by Crippen LogP contribution is -2.13. The van der Waals surface area contributed by atoms with Crippen molar-refractivity contribution < 1.29 is 14.7 Å². The molecule has 0 bridgehead atoms. The lowest BCUT2D eigenvalue weighted by molar-refractivity contribution is 0.0525. The molecule has 2 rings (SSSR count). The van der Waals surface area contributed by atoms with E-state index in [-0.39, 0.29) is 23.0 Å². The number of aryl methyl sites for hydroxylation is 1. The Morgan fingerprint density at radius 1 is 1.43 bits per heavy atom. The van der Waals surface area contributed by atoms with Gasteiger partial charge in [-0.15, -0.1) is 0 Å². The Labute approximate surface area is 126 Å². The number of rotatable bonds is 4. The van der Waals surface area contributed by atoms with E-state index in [0.29, 0.717) is 11.4 Å². The number of oxime groups is 1. The van der Waals surface area contributed by atoms with Crippen LogP contribution in [0.2, 0.25) is 0 Å².